The first kappa shape index (κ1) is 15.9. The highest BCUT2D eigenvalue weighted by molar-refractivity contribution is 7.09. The number of hydrogen-bond donors (Lipinski definition) is 1. The van der Waals surface area contributed by atoms with Gasteiger partial charge in [0.25, 0.3) is 5.91 Å². The van der Waals surface area contributed by atoms with Gasteiger partial charge in [0.2, 0.25) is 0 Å². The van der Waals surface area contributed by atoms with Gasteiger partial charge in [-0.1, -0.05) is 6.07 Å². The molecule has 112 valence electrons. The number of likely N-dealkylation sites (N-methyl/N-ethyl adjacent to an activating group) is 1. The molecule has 5 heteroatoms. The number of fused-ring (bicyclic) bond motifs is 1. The largest absolute Gasteiger partial charge is 0.384 e. The molecule has 0 radical (unpaired) electrons. The molecule has 0 saturated heterocycles. The molecule has 1 aliphatic heterocycles. The van der Waals surface area contributed by atoms with Crippen LogP contribution in [-0.2, 0) is 12.8 Å². The number of rotatable bonds is 4. The predicted molar refractivity (Wildman–Crippen MR) is 90.9 cm³/mol. The third kappa shape index (κ3) is 3.57. The van der Waals surface area contributed by atoms with Gasteiger partial charge >= 0.3 is 0 Å². The van der Waals surface area contributed by atoms with Crippen molar-refractivity contribution in [3.63, 3.8) is 0 Å². The lowest BCUT2D eigenvalue weighted by Crippen LogP contribution is -2.28. The lowest BCUT2D eigenvalue weighted by Gasteiger charge is -2.17. The van der Waals surface area contributed by atoms with Crippen molar-refractivity contribution in [2.75, 3.05) is 25.5 Å². The molecule has 0 spiro atoms. The van der Waals surface area contributed by atoms with Gasteiger partial charge in [-0.3, -0.25) is 4.79 Å². The van der Waals surface area contributed by atoms with E-state index in [2.05, 4.69) is 22.8 Å². The second-order valence-corrected chi connectivity index (χ2v) is 6.14. The van der Waals surface area contributed by atoms with Gasteiger partial charge in [-0.15, -0.1) is 23.7 Å². The second kappa shape index (κ2) is 6.96. The topological polar surface area (TPSA) is 32.3 Å². The van der Waals surface area contributed by atoms with E-state index >= 15 is 0 Å². The molecule has 2 aromatic rings. The van der Waals surface area contributed by atoms with E-state index < -0.39 is 0 Å². The predicted octanol–water partition coefficient (Wildman–Crippen LogP) is 3.45. The minimum absolute atomic E-state index is 0. The summed E-state index contributed by atoms with van der Waals surface area (Å²) in [5.41, 5.74) is 3.21. The van der Waals surface area contributed by atoms with Crippen LogP contribution in [0.4, 0.5) is 5.69 Å². The third-order valence-electron chi connectivity index (χ3n) is 3.68. The molecule has 1 aromatic carbocycles. The van der Waals surface area contributed by atoms with Crippen LogP contribution in [0.1, 0.15) is 20.8 Å². The first-order chi connectivity index (χ1) is 9.74. The van der Waals surface area contributed by atoms with E-state index in [0.29, 0.717) is 0 Å². The van der Waals surface area contributed by atoms with Gasteiger partial charge in [0.15, 0.2) is 0 Å². The Morgan fingerprint density at radius 1 is 1.38 bits per heavy atom. The van der Waals surface area contributed by atoms with E-state index in [9.17, 15) is 4.79 Å². The molecule has 0 fully saturated rings. The van der Waals surface area contributed by atoms with E-state index in [1.807, 2.05) is 30.1 Å². The van der Waals surface area contributed by atoms with Crippen LogP contribution in [0.2, 0.25) is 0 Å². The molecule has 1 amide bonds. The summed E-state index contributed by atoms with van der Waals surface area (Å²) in [4.78, 5) is 15.5. The summed E-state index contributed by atoms with van der Waals surface area (Å²) in [6.07, 6.45) is 1.93. The van der Waals surface area contributed by atoms with Crippen molar-refractivity contribution in [2.45, 2.75) is 12.8 Å². The number of thiophene rings is 1. The van der Waals surface area contributed by atoms with Crippen LogP contribution in [0.15, 0.2) is 35.7 Å². The molecule has 1 N–H and O–H groups in total. The molecule has 1 aromatic heterocycles. The summed E-state index contributed by atoms with van der Waals surface area (Å²) in [6, 6.07) is 10.1. The number of amides is 1. The van der Waals surface area contributed by atoms with Gasteiger partial charge in [0.05, 0.1) is 0 Å². The number of nitrogens with zero attached hydrogens (tertiary/aromatic N) is 1. The monoisotopic (exact) mass is 322 g/mol. The first-order valence-corrected chi connectivity index (χ1v) is 7.76. The smallest absolute Gasteiger partial charge is 0.253 e. The number of benzene rings is 1. The van der Waals surface area contributed by atoms with Crippen LogP contribution in [0.25, 0.3) is 0 Å². The summed E-state index contributed by atoms with van der Waals surface area (Å²) < 4.78 is 0. The molecule has 0 aliphatic carbocycles. The van der Waals surface area contributed by atoms with Crippen molar-refractivity contribution in [1.82, 2.24) is 4.90 Å². The highest BCUT2D eigenvalue weighted by atomic mass is 35.5. The number of carbonyl (C=O) groups excluding carboxylic acids is 1. The number of nitrogens with one attached hydrogen (secondary N) is 1. The highest BCUT2D eigenvalue weighted by Gasteiger charge is 2.16. The molecular weight excluding hydrogens is 304 g/mol. The van der Waals surface area contributed by atoms with Crippen molar-refractivity contribution < 1.29 is 4.79 Å². The van der Waals surface area contributed by atoms with Gasteiger partial charge in [0.1, 0.15) is 0 Å². The van der Waals surface area contributed by atoms with Crippen molar-refractivity contribution in [1.29, 1.82) is 0 Å². The maximum absolute atomic E-state index is 12.4. The fourth-order valence-corrected chi connectivity index (χ4v) is 3.19. The highest BCUT2D eigenvalue weighted by Crippen LogP contribution is 2.23. The van der Waals surface area contributed by atoms with Crippen LogP contribution in [0.3, 0.4) is 0 Å². The molecule has 0 bridgehead atoms. The lowest BCUT2D eigenvalue weighted by atomic mass is 10.1. The van der Waals surface area contributed by atoms with Crippen molar-refractivity contribution >= 4 is 35.3 Å². The van der Waals surface area contributed by atoms with Crippen molar-refractivity contribution in [3.05, 3.63) is 51.7 Å². The summed E-state index contributed by atoms with van der Waals surface area (Å²) in [6.45, 7) is 1.73. The molecule has 3 nitrogen and oxygen atoms in total. The fourth-order valence-electron chi connectivity index (χ4n) is 2.49. The number of anilines is 1. The molecule has 3 rings (SSSR count). The van der Waals surface area contributed by atoms with Crippen LogP contribution in [0.5, 0.6) is 0 Å². The Labute approximate surface area is 135 Å². The average Bonchev–Trinajstić information content (AvgIpc) is 3.13. The Bertz CT molecular complexity index is 613. The van der Waals surface area contributed by atoms with E-state index in [1.54, 1.807) is 11.3 Å². The second-order valence-electron chi connectivity index (χ2n) is 5.10. The SMILES string of the molecule is CN(CCc1cccs1)C(=O)c1ccc2c(c1)CCN2.Cl. The van der Waals surface area contributed by atoms with E-state index in [4.69, 9.17) is 0 Å². The number of halogens is 1. The Morgan fingerprint density at radius 3 is 3.00 bits per heavy atom. The van der Waals surface area contributed by atoms with Gasteiger partial charge in [0, 0.05) is 36.3 Å². The molecule has 0 saturated carbocycles. The van der Waals surface area contributed by atoms with Crippen molar-refractivity contribution in [3.8, 4) is 0 Å². The molecule has 0 unspecified atom stereocenters. The molecule has 0 atom stereocenters. The standard InChI is InChI=1S/C16H18N2OS.ClH/c1-18(9-7-14-3-2-10-20-14)16(19)13-4-5-15-12(11-13)6-8-17-15;/h2-5,10-11,17H,6-9H2,1H3;1H. The summed E-state index contributed by atoms with van der Waals surface area (Å²) >= 11 is 1.74. The molecule has 2 heterocycles. The molecule has 21 heavy (non-hydrogen) atoms. The maximum atomic E-state index is 12.4. The quantitative estimate of drug-likeness (QED) is 0.935. The van der Waals surface area contributed by atoms with Gasteiger partial charge in [-0.2, -0.15) is 0 Å². The van der Waals surface area contributed by atoms with Gasteiger partial charge in [-0.25, -0.2) is 0 Å². The Kier molecular flexibility index (Phi) is 5.26. The van der Waals surface area contributed by atoms with Gasteiger partial charge < -0.3 is 10.2 Å². The van der Waals surface area contributed by atoms with Crippen LogP contribution < -0.4 is 5.32 Å². The van der Waals surface area contributed by atoms with Crippen LogP contribution in [0, 0.1) is 0 Å². The van der Waals surface area contributed by atoms with Crippen LogP contribution in [-0.4, -0.2) is 30.9 Å². The normalized spacial score (nSPS) is 12.2. The number of hydrogen-bond acceptors (Lipinski definition) is 3. The first-order valence-electron chi connectivity index (χ1n) is 6.89. The third-order valence-corrected chi connectivity index (χ3v) is 4.62. The minimum atomic E-state index is 0. The van der Waals surface area contributed by atoms with Gasteiger partial charge in [-0.05, 0) is 48.1 Å². The molecule has 1 aliphatic rings. The van der Waals surface area contributed by atoms with E-state index in [-0.39, 0.29) is 18.3 Å². The summed E-state index contributed by atoms with van der Waals surface area (Å²) in [5, 5.41) is 5.39. The Morgan fingerprint density at radius 2 is 2.24 bits per heavy atom. The van der Waals surface area contributed by atoms with E-state index in [0.717, 1.165) is 31.5 Å². The lowest BCUT2D eigenvalue weighted by molar-refractivity contribution is 0.0797. The number of carbonyl (C=O) groups is 1. The minimum Gasteiger partial charge on any atom is -0.384 e. The average molecular weight is 323 g/mol. The zero-order valence-corrected chi connectivity index (χ0v) is 13.6. The maximum Gasteiger partial charge on any atom is 0.253 e. The summed E-state index contributed by atoms with van der Waals surface area (Å²) in [7, 11) is 1.88. The van der Waals surface area contributed by atoms with E-state index in [1.165, 1.54) is 16.1 Å². The zero-order chi connectivity index (χ0) is 13.9. The fraction of sp³-hybridized carbons (Fsp3) is 0.312. The zero-order valence-electron chi connectivity index (χ0n) is 12.0. The molecular formula is C16H19ClN2OS. The Balaban J connectivity index is 0.00000161. The van der Waals surface area contributed by atoms with Crippen molar-refractivity contribution in [2.24, 2.45) is 0 Å². The Hall–Kier alpha value is -1.52. The summed E-state index contributed by atoms with van der Waals surface area (Å²) in [5.74, 6) is 0.108. The van der Waals surface area contributed by atoms with Crippen LogP contribution >= 0.6 is 23.7 Å².